The molecule has 0 saturated carbocycles. The second kappa shape index (κ2) is 8.49. The molecular formula is C14H24N2O5. The van der Waals surface area contributed by atoms with Crippen LogP contribution >= 0.6 is 0 Å². The molecule has 2 amide bonds. The van der Waals surface area contributed by atoms with E-state index in [1.807, 2.05) is 6.92 Å². The maximum absolute atomic E-state index is 12.0. The van der Waals surface area contributed by atoms with E-state index in [1.54, 1.807) is 11.8 Å². The van der Waals surface area contributed by atoms with Crippen LogP contribution in [0.25, 0.3) is 0 Å². The molecule has 7 heteroatoms. The molecule has 2 atom stereocenters. The van der Waals surface area contributed by atoms with Crippen molar-refractivity contribution in [2.45, 2.75) is 45.6 Å². The van der Waals surface area contributed by atoms with Crippen LogP contribution in [0.3, 0.4) is 0 Å². The van der Waals surface area contributed by atoms with E-state index < -0.39 is 12.1 Å². The number of ether oxygens (including phenoxy) is 1. The Morgan fingerprint density at radius 1 is 1.29 bits per heavy atom. The molecule has 1 rings (SSSR count). The fourth-order valence-electron chi connectivity index (χ4n) is 2.62. The lowest BCUT2D eigenvalue weighted by atomic mass is 9.91. The van der Waals surface area contributed by atoms with Crippen molar-refractivity contribution in [2.75, 3.05) is 19.7 Å². The number of carboxylic acid groups (broad SMARTS) is 1. The number of carboxylic acids is 1. The SMILES string of the molecule is CCCC(=O)N1CC(CC(=O)O)CC(NC(=O)OCC)C1. The number of piperidine rings is 1. The van der Waals surface area contributed by atoms with Crippen LogP contribution < -0.4 is 5.32 Å². The van der Waals surface area contributed by atoms with Crippen molar-refractivity contribution in [1.29, 1.82) is 0 Å². The predicted octanol–water partition coefficient (Wildman–Crippen LogP) is 1.22. The average Bonchev–Trinajstić information content (AvgIpc) is 2.38. The molecule has 1 aliphatic rings. The van der Waals surface area contributed by atoms with Crippen LogP contribution in [-0.2, 0) is 14.3 Å². The normalized spacial score (nSPS) is 21.7. The number of hydrogen-bond donors (Lipinski definition) is 2. The molecular weight excluding hydrogens is 276 g/mol. The van der Waals surface area contributed by atoms with Crippen LogP contribution in [0, 0.1) is 5.92 Å². The first-order chi connectivity index (χ1) is 9.96. The first kappa shape index (κ1) is 17.3. The lowest BCUT2D eigenvalue weighted by Gasteiger charge is -2.37. The second-order valence-corrected chi connectivity index (χ2v) is 5.31. The van der Waals surface area contributed by atoms with Gasteiger partial charge in [0.1, 0.15) is 0 Å². The molecule has 0 aromatic rings. The predicted molar refractivity (Wildman–Crippen MR) is 75.8 cm³/mol. The standard InChI is InChI=1S/C14H24N2O5/c1-3-5-12(17)16-8-10(7-13(18)19)6-11(9-16)15-14(20)21-4-2/h10-11H,3-9H2,1-2H3,(H,15,20)(H,18,19). The maximum Gasteiger partial charge on any atom is 0.407 e. The molecule has 0 radical (unpaired) electrons. The number of nitrogens with zero attached hydrogens (tertiary/aromatic N) is 1. The Morgan fingerprint density at radius 3 is 2.57 bits per heavy atom. The summed E-state index contributed by atoms with van der Waals surface area (Å²) in [5.74, 6) is -1.04. The molecule has 1 heterocycles. The van der Waals surface area contributed by atoms with E-state index in [9.17, 15) is 14.4 Å². The Kier molecular flexibility index (Phi) is 6.98. The van der Waals surface area contributed by atoms with Gasteiger partial charge in [-0.3, -0.25) is 9.59 Å². The van der Waals surface area contributed by atoms with Gasteiger partial charge < -0.3 is 20.1 Å². The van der Waals surface area contributed by atoms with E-state index in [0.29, 0.717) is 25.9 Å². The molecule has 120 valence electrons. The molecule has 2 N–H and O–H groups in total. The van der Waals surface area contributed by atoms with Gasteiger partial charge in [0.25, 0.3) is 0 Å². The molecule has 0 bridgehead atoms. The van der Waals surface area contributed by atoms with Gasteiger partial charge in [-0.2, -0.15) is 0 Å². The Labute approximate surface area is 124 Å². The molecule has 1 saturated heterocycles. The third kappa shape index (κ3) is 6.01. The van der Waals surface area contributed by atoms with Crippen LogP contribution in [0.1, 0.15) is 39.5 Å². The second-order valence-electron chi connectivity index (χ2n) is 5.31. The smallest absolute Gasteiger partial charge is 0.407 e. The summed E-state index contributed by atoms with van der Waals surface area (Å²) in [6, 6.07) is -0.261. The Morgan fingerprint density at radius 2 is 2.00 bits per heavy atom. The Balaban J connectivity index is 2.67. The first-order valence-corrected chi connectivity index (χ1v) is 7.39. The molecule has 7 nitrogen and oxygen atoms in total. The highest BCUT2D eigenvalue weighted by Gasteiger charge is 2.31. The number of carbonyl (C=O) groups is 3. The van der Waals surface area contributed by atoms with Crippen molar-refractivity contribution < 1.29 is 24.2 Å². The number of amides is 2. The first-order valence-electron chi connectivity index (χ1n) is 7.39. The molecule has 0 spiro atoms. The van der Waals surface area contributed by atoms with Crippen LogP contribution in [-0.4, -0.2) is 53.7 Å². The minimum atomic E-state index is -0.889. The highest BCUT2D eigenvalue weighted by atomic mass is 16.5. The van der Waals surface area contributed by atoms with Gasteiger partial charge in [0.2, 0.25) is 5.91 Å². The number of rotatable bonds is 6. The van der Waals surface area contributed by atoms with Gasteiger partial charge in [-0.25, -0.2) is 4.79 Å². The van der Waals surface area contributed by atoms with Crippen molar-refractivity contribution in [2.24, 2.45) is 5.92 Å². The third-order valence-corrected chi connectivity index (χ3v) is 3.41. The highest BCUT2D eigenvalue weighted by Crippen LogP contribution is 2.21. The Bertz CT molecular complexity index is 386. The summed E-state index contributed by atoms with van der Waals surface area (Å²) in [6.45, 7) is 4.76. The number of carbonyl (C=O) groups excluding carboxylic acids is 2. The Hall–Kier alpha value is -1.79. The van der Waals surface area contributed by atoms with Crippen molar-refractivity contribution >= 4 is 18.0 Å². The lowest BCUT2D eigenvalue weighted by Crippen LogP contribution is -2.53. The van der Waals surface area contributed by atoms with E-state index in [4.69, 9.17) is 9.84 Å². The average molecular weight is 300 g/mol. The van der Waals surface area contributed by atoms with Crippen LogP contribution in [0.15, 0.2) is 0 Å². The summed E-state index contributed by atoms with van der Waals surface area (Å²) in [6.07, 6.45) is 1.19. The van der Waals surface area contributed by atoms with Crippen LogP contribution in [0.2, 0.25) is 0 Å². The van der Waals surface area contributed by atoms with Crippen LogP contribution in [0.5, 0.6) is 0 Å². The summed E-state index contributed by atoms with van der Waals surface area (Å²) < 4.78 is 4.83. The van der Waals surface area contributed by atoms with E-state index >= 15 is 0 Å². The van der Waals surface area contributed by atoms with Crippen molar-refractivity contribution in [1.82, 2.24) is 10.2 Å². The summed E-state index contributed by atoms with van der Waals surface area (Å²) in [4.78, 5) is 36.0. The van der Waals surface area contributed by atoms with E-state index in [0.717, 1.165) is 6.42 Å². The van der Waals surface area contributed by atoms with Crippen molar-refractivity contribution in [3.8, 4) is 0 Å². The zero-order valence-corrected chi connectivity index (χ0v) is 12.6. The number of alkyl carbamates (subject to hydrolysis) is 1. The molecule has 1 aliphatic heterocycles. The van der Waals surface area contributed by atoms with Gasteiger partial charge >= 0.3 is 12.1 Å². The van der Waals surface area contributed by atoms with Crippen molar-refractivity contribution in [3.05, 3.63) is 0 Å². The highest BCUT2D eigenvalue weighted by molar-refractivity contribution is 5.76. The maximum atomic E-state index is 12.0. The minimum Gasteiger partial charge on any atom is -0.481 e. The summed E-state index contributed by atoms with van der Waals surface area (Å²) in [7, 11) is 0. The number of nitrogens with one attached hydrogen (secondary N) is 1. The number of hydrogen-bond acceptors (Lipinski definition) is 4. The van der Waals surface area contributed by atoms with Gasteiger partial charge in [-0.05, 0) is 25.7 Å². The number of likely N-dealkylation sites (tertiary alicyclic amines) is 1. The fourth-order valence-corrected chi connectivity index (χ4v) is 2.62. The number of aliphatic carboxylic acids is 1. The monoisotopic (exact) mass is 300 g/mol. The molecule has 0 aromatic heterocycles. The van der Waals surface area contributed by atoms with Gasteiger partial charge in [-0.15, -0.1) is 0 Å². The van der Waals surface area contributed by atoms with Gasteiger partial charge in [0.15, 0.2) is 0 Å². The zero-order valence-electron chi connectivity index (χ0n) is 12.6. The summed E-state index contributed by atoms with van der Waals surface area (Å²) in [5, 5.41) is 11.6. The largest absolute Gasteiger partial charge is 0.481 e. The summed E-state index contributed by atoms with van der Waals surface area (Å²) >= 11 is 0. The topological polar surface area (TPSA) is 95.9 Å². The molecule has 21 heavy (non-hydrogen) atoms. The molecule has 0 aliphatic carbocycles. The van der Waals surface area contributed by atoms with Crippen molar-refractivity contribution in [3.63, 3.8) is 0 Å². The quantitative estimate of drug-likeness (QED) is 0.769. The van der Waals surface area contributed by atoms with E-state index in [-0.39, 0.29) is 30.9 Å². The molecule has 0 aromatic carbocycles. The van der Waals surface area contributed by atoms with Gasteiger partial charge in [0.05, 0.1) is 12.6 Å². The van der Waals surface area contributed by atoms with Gasteiger partial charge in [0, 0.05) is 25.9 Å². The third-order valence-electron chi connectivity index (χ3n) is 3.41. The zero-order chi connectivity index (χ0) is 15.8. The summed E-state index contributed by atoms with van der Waals surface area (Å²) in [5.41, 5.74) is 0. The minimum absolute atomic E-state index is 0.00301. The fraction of sp³-hybridized carbons (Fsp3) is 0.786. The van der Waals surface area contributed by atoms with E-state index in [1.165, 1.54) is 0 Å². The van der Waals surface area contributed by atoms with Gasteiger partial charge in [-0.1, -0.05) is 6.92 Å². The van der Waals surface area contributed by atoms with Crippen LogP contribution in [0.4, 0.5) is 4.79 Å². The van der Waals surface area contributed by atoms with E-state index in [2.05, 4.69) is 5.32 Å². The molecule has 1 fully saturated rings. The molecule has 2 unspecified atom stereocenters. The lowest BCUT2D eigenvalue weighted by molar-refractivity contribution is -0.141.